The van der Waals surface area contributed by atoms with E-state index in [0.717, 1.165) is 33.7 Å². The molecule has 4 heteroatoms. The van der Waals surface area contributed by atoms with Crippen LogP contribution in [-0.2, 0) is 0 Å². The lowest BCUT2D eigenvalue weighted by molar-refractivity contribution is 0.411. The Morgan fingerprint density at radius 2 is 1.78 bits per heavy atom. The molecule has 0 aliphatic rings. The molecule has 18 heavy (non-hydrogen) atoms. The molecule has 0 aliphatic carbocycles. The summed E-state index contributed by atoms with van der Waals surface area (Å²) in [6.07, 6.45) is 0. The SMILES string of the molecule is COc1cc(C)c(-c2ccc(N)nn2)c(C)c1C. The third kappa shape index (κ3) is 2.01. The Labute approximate surface area is 107 Å². The van der Waals surface area contributed by atoms with Gasteiger partial charge in [-0.25, -0.2) is 0 Å². The molecule has 2 N–H and O–H groups in total. The van der Waals surface area contributed by atoms with E-state index in [9.17, 15) is 0 Å². The second-order valence-corrected chi connectivity index (χ2v) is 4.36. The summed E-state index contributed by atoms with van der Waals surface area (Å²) in [7, 11) is 1.68. The number of anilines is 1. The molecule has 94 valence electrons. The molecule has 1 aromatic heterocycles. The van der Waals surface area contributed by atoms with Gasteiger partial charge in [0.1, 0.15) is 11.6 Å². The topological polar surface area (TPSA) is 61.0 Å². The van der Waals surface area contributed by atoms with E-state index in [1.54, 1.807) is 13.2 Å². The number of nitrogens with zero attached hydrogens (tertiary/aromatic N) is 2. The zero-order valence-electron chi connectivity index (χ0n) is 11.1. The van der Waals surface area contributed by atoms with E-state index in [-0.39, 0.29) is 0 Å². The summed E-state index contributed by atoms with van der Waals surface area (Å²) in [5.74, 6) is 1.33. The van der Waals surface area contributed by atoms with Gasteiger partial charge in [-0.05, 0) is 55.7 Å². The second kappa shape index (κ2) is 4.64. The fourth-order valence-corrected chi connectivity index (χ4v) is 2.13. The molecule has 0 spiro atoms. The quantitative estimate of drug-likeness (QED) is 0.880. The molecular formula is C14H17N3O. The lowest BCUT2D eigenvalue weighted by atomic mass is 9.95. The van der Waals surface area contributed by atoms with Crippen LogP contribution in [0.5, 0.6) is 5.75 Å². The maximum atomic E-state index is 5.56. The molecule has 0 aliphatic heterocycles. The minimum Gasteiger partial charge on any atom is -0.496 e. The molecule has 2 aromatic rings. The maximum Gasteiger partial charge on any atom is 0.146 e. The first-order chi connectivity index (χ1) is 8.54. The van der Waals surface area contributed by atoms with E-state index in [1.165, 1.54) is 0 Å². The highest BCUT2D eigenvalue weighted by molar-refractivity contribution is 5.71. The first kappa shape index (κ1) is 12.4. The molecule has 0 bridgehead atoms. The van der Waals surface area contributed by atoms with Gasteiger partial charge in [0.15, 0.2) is 0 Å². The highest BCUT2D eigenvalue weighted by atomic mass is 16.5. The van der Waals surface area contributed by atoms with Gasteiger partial charge in [-0.1, -0.05) is 0 Å². The van der Waals surface area contributed by atoms with Crippen LogP contribution in [-0.4, -0.2) is 17.3 Å². The molecule has 2 rings (SSSR count). The van der Waals surface area contributed by atoms with Gasteiger partial charge in [-0.3, -0.25) is 0 Å². The molecule has 0 saturated heterocycles. The molecule has 0 radical (unpaired) electrons. The van der Waals surface area contributed by atoms with Crippen LogP contribution in [0, 0.1) is 20.8 Å². The van der Waals surface area contributed by atoms with Crippen molar-refractivity contribution in [2.24, 2.45) is 0 Å². The first-order valence-electron chi connectivity index (χ1n) is 5.79. The van der Waals surface area contributed by atoms with Crippen molar-refractivity contribution in [3.05, 3.63) is 34.9 Å². The molecule has 0 unspecified atom stereocenters. The molecule has 1 heterocycles. The molecule has 1 aromatic carbocycles. The Bertz CT molecular complexity index is 577. The highest BCUT2D eigenvalue weighted by Gasteiger charge is 2.13. The normalized spacial score (nSPS) is 10.4. The van der Waals surface area contributed by atoms with Crippen molar-refractivity contribution in [2.75, 3.05) is 12.8 Å². The van der Waals surface area contributed by atoms with Crippen LogP contribution < -0.4 is 10.5 Å². The van der Waals surface area contributed by atoms with Crippen LogP contribution in [0.1, 0.15) is 16.7 Å². The predicted molar refractivity (Wildman–Crippen MR) is 72.6 cm³/mol. The highest BCUT2D eigenvalue weighted by Crippen LogP contribution is 2.33. The zero-order valence-corrected chi connectivity index (χ0v) is 11.1. The smallest absolute Gasteiger partial charge is 0.146 e. The van der Waals surface area contributed by atoms with Crippen molar-refractivity contribution in [3.8, 4) is 17.0 Å². The summed E-state index contributed by atoms with van der Waals surface area (Å²) in [5, 5.41) is 8.06. The average Bonchev–Trinajstić information content (AvgIpc) is 2.36. The van der Waals surface area contributed by atoms with Gasteiger partial charge in [0.25, 0.3) is 0 Å². The number of ether oxygens (including phenoxy) is 1. The van der Waals surface area contributed by atoms with Gasteiger partial charge in [-0.2, -0.15) is 0 Å². The Morgan fingerprint density at radius 1 is 1.06 bits per heavy atom. The number of rotatable bonds is 2. The molecule has 0 atom stereocenters. The first-order valence-corrected chi connectivity index (χ1v) is 5.79. The van der Waals surface area contributed by atoms with Gasteiger partial charge < -0.3 is 10.5 Å². The minimum atomic E-state index is 0.430. The van der Waals surface area contributed by atoms with E-state index < -0.39 is 0 Å². The molecule has 4 nitrogen and oxygen atoms in total. The summed E-state index contributed by atoms with van der Waals surface area (Å²) < 4.78 is 5.36. The van der Waals surface area contributed by atoms with E-state index >= 15 is 0 Å². The van der Waals surface area contributed by atoms with Crippen molar-refractivity contribution >= 4 is 5.82 Å². The minimum absolute atomic E-state index is 0.430. The van der Waals surface area contributed by atoms with Crippen molar-refractivity contribution in [3.63, 3.8) is 0 Å². The van der Waals surface area contributed by atoms with Crippen molar-refractivity contribution in [1.29, 1.82) is 0 Å². The van der Waals surface area contributed by atoms with Crippen LogP contribution in [0.4, 0.5) is 5.82 Å². The third-order valence-electron chi connectivity index (χ3n) is 3.21. The summed E-state index contributed by atoms with van der Waals surface area (Å²) in [6.45, 7) is 6.16. The number of aromatic nitrogens is 2. The molecule has 0 saturated carbocycles. The number of aryl methyl sites for hydroxylation is 1. The Hall–Kier alpha value is -2.10. The Morgan fingerprint density at radius 3 is 2.33 bits per heavy atom. The van der Waals surface area contributed by atoms with Crippen molar-refractivity contribution in [2.45, 2.75) is 20.8 Å². The van der Waals surface area contributed by atoms with E-state index in [0.29, 0.717) is 5.82 Å². The molecular weight excluding hydrogens is 226 g/mol. The van der Waals surface area contributed by atoms with Gasteiger partial charge in [0, 0.05) is 5.56 Å². The van der Waals surface area contributed by atoms with Gasteiger partial charge in [-0.15, -0.1) is 10.2 Å². The van der Waals surface area contributed by atoms with Crippen LogP contribution in [0.15, 0.2) is 18.2 Å². The van der Waals surface area contributed by atoms with Crippen molar-refractivity contribution < 1.29 is 4.74 Å². The summed E-state index contributed by atoms with van der Waals surface area (Å²) >= 11 is 0. The number of nitrogens with two attached hydrogens (primary N) is 1. The number of nitrogen functional groups attached to an aromatic ring is 1. The van der Waals surface area contributed by atoms with Crippen LogP contribution in [0.25, 0.3) is 11.3 Å². The number of hydrogen-bond acceptors (Lipinski definition) is 4. The van der Waals surface area contributed by atoms with E-state index in [1.807, 2.05) is 26.0 Å². The maximum absolute atomic E-state index is 5.56. The predicted octanol–water partition coefficient (Wildman–Crippen LogP) is 2.66. The van der Waals surface area contributed by atoms with E-state index in [2.05, 4.69) is 17.1 Å². The van der Waals surface area contributed by atoms with Crippen LogP contribution in [0.3, 0.4) is 0 Å². The summed E-state index contributed by atoms with van der Waals surface area (Å²) in [6, 6.07) is 5.68. The number of hydrogen-bond donors (Lipinski definition) is 1. The fourth-order valence-electron chi connectivity index (χ4n) is 2.13. The van der Waals surface area contributed by atoms with Gasteiger partial charge in [0.05, 0.1) is 12.8 Å². The monoisotopic (exact) mass is 243 g/mol. The summed E-state index contributed by atoms with van der Waals surface area (Å²) in [5.41, 5.74) is 10.9. The Kier molecular flexibility index (Phi) is 3.19. The molecule has 0 fully saturated rings. The molecule has 0 amide bonds. The standard InChI is InChI=1S/C14H17N3O/c1-8-7-12(18-4)9(2)10(3)14(8)11-5-6-13(15)17-16-11/h5-7H,1-4H3,(H2,15,17). The van der Waals surface area contributed by atoms with Crippen LogP contribution in [0.2, 0.25) is 0 Å². The fraction of sp³-hybridized carbons (Fsp3) is 0.286. The van der Waals surface area contributed by atoms with Crippen molar-refractivity contribution in [1.82, 2.24) is 10.2 Å². The van der Waals surface area contributed by atoms with Gasteiger partial charge in [0.2, 0.25) is 0 Å². The second-order valence-electron chi connectivity index (χ2n) is 4.36. The number of benzene rings is 1. The zero-order chi connectivity index (χ0) is 13.3. The lowest BCUT2D eigenvalue weighted by Gasteiger charge is -2.15. The third-order valence-corrected chi connectivity index (χ3v) is 3.21. The number of methoxy groups -OCH3 is 1. The van der Waals surface area contributed by atoms with Gasteiger partial charge >= 0.3 is 0 Å². The average molecular weight is 243 g/mol. The van der Waals surface area contributed by atoms with Crippen LogP contribution >= 0.6 is 0 Å². The largest absolute Gasteiger partial charge is 0.496 e. The lowest BCUT2D eigenvalue weighted by Crippen LogP contribution is -1.99. The van der Waals surface area contributed by atoms with E-state index in [4.69, 9.17) is 10.5 Å². The Balaban J connectivity index is 2.64. The summed E-state index contributed by atoms with van der Waals surface area (Å²) in [4.78, 5) is 0.